The van der Waals surface area contributed by atoms with Gasteiger partial charge >= 0.3 is 6.18 Å². The molecule has 1 N–H and O–H groups in total. The summed E-state index contributed by atoms with van der Waals surface area (Å²) < 4.78 is 44.0. The van der Waals surface area contributed by atoms with Crippen molar-refractivity contribution in [1.82, 2.24) is 10.2 Å². The molecule has 0 spiro atoms. The van der Waals surface area contributed by atoms with Crippen molar-refractivity contribution >= 4 is 5.91 Å². The molecule has 2 heterocycles. The molecule has 28 heavy (non-hydrogen) atoms. The van der Waals surface area contributed by atoms with Crippen LogP contribution in [0.3, 0.4) is 0 Å². The Hall–Kier alpha value is -2.54. The van der Waals surface area contributed by atoms with Crippen molar-refractivity contribution < 1.29 is 22.7 Å². The van der Waals surface area contributed by atoms with Gasteiger partial charge in [0.25, 0.3) is 0 Å². The lowest BCUT2D eigenvalue weighted by Crippen LogP contribution is -2.40. The molecule has 0 aliphatic carbocycles. The van der Waals surface area contributed by atoms with Crippen LogP contribution in [0.4, 0.5) is 13.2 Å². The highest BCUT2D eigenvalue weighted by Crippen LogP contribution is 2.34. The van der Waals surface area contributed by atoms with Gasteiger partial charge in [0.05, 0.1) is 11.5 Å². The first kappa shape index (κ1) is 18.8. The average Bonchev–Trinajstić information content (AvgIpc) is 3.22. The van der Waals surface area contributed by atoms with E-state index in [4.69, 9.17) is 4.74 Å². The second-order valence-corrected chi connectivity index (χ2v) is 7.22. The van der Waals surface area contributed by atoms with Gasteiger partial charge in [-0.15, -0.1) is 0 Å². The maximum Gasteiger partial charge on any atom is 0.416 e. The number of alkyl halides is 3. The van der Waals surface area contributed by atoms with E-state index in [-0.39, 0.29) is 11.8 Å². The summed E-state index contributed by atoms with van der Waals surface area (Å²) in [7, 11) is 0. The van der Waals surface area contributed by atoms with Crippen molar-refractivity contribution in [2.45, 2.75) is 25.6 Å². The van der Waals surface area contributed by atoms with E-state index in [0.29, 0.717) is 31.0 Å². The van der Waals surface area contributed by atoms with E-state index >= 15 is 0 Å². The molecule has 1 amide bonds. The second kappa shape index (κ2) is 7.47. The summed E-state index contributed by atoms with van der Waals surface area (Å²) in [6, 6.07) is 10.3. The van der Waals surface area contributed by atoms with Crippen LogP contribution in [-0.2, 0) is 23.9 Å². The van der Waals surface area contributed by atoms with Gasteiger partial charge in [-0.2, -0.15) is 13.2 Å². The molecule has 2 aliphatic rings. The molecule has 2 aliphatic heterocycles. The Morgan fingerprint density at radius 3 is 2.61 bits per heavy atom. The van der Waals surface area contributed by atoms with E-state index in [2.05, 4.69) is 5.32 Å². The monoisotopic (exact) mass is 390 g/mol. The second-order valence-electron chi connectivity index (χ2n) is 7.22. The summed E-state index contributed by atoms with van der Waals surface area (Å²) in [4.78, 5) is 14.6. The topological polar surface area (TPSA) is 41.6 Å². The summed E-state index contributed by atoms with van der Waals surface area (Å²) >= 11 is 0. The smallest absolute Gasteiger partial charge is 0.416 e. The van der Waals surface area contributed by atoms with E-state index < -0.39 is 11.7 Å². The highest BCUT2D eigenvalue weighted by molar-refractivity contribution is 5.79. The molecule has 148 valence electrons. The van der Waals surface area contributed by atoms with Gasteiger partial charge in [0.1, 0.15) is 11.5 Å². The van der Waals surface area contributed by atoms with Gasteiger partial charge in [0.2, 0.25) is 5.91 Å². The van der Waals surface area contributed by atoms with Gasteiger partial charge in [-0.3, -0.25) is 4.79 Å². The molecule has 2 aromatic carbocycles. The minimum Gasteiger partial charge on any atom is -0.457 e. The zero-order chi connectivity index (χ0) is 19.7. The van der Waals surface area contributed by atoms with E-state index in [0.717, 1.165) is 42.8 Å². The van der Waals surface area contributed by atoms with Crippen LogP contribution in [0.25, 0.3) is 0 Å². The number of carbonyl (C=O) groups excluding carboxylic acids is 1. The van der Waals surface area contributed by atoms with Crippen LogP contribution in [0.15, 0.2) is 42.5 Å². The molecule has 0 aromatic heterocycles. The molecule has 1 atom stereocenters. The number of hydrogen-bond donors (Lipinski definition) is 1. The number of carbonyl (C=O) groups is 1. The molecule has 1 saturated heterocycles. The molecular formula is C21H21F3N2O2. The molecule has 0 unspecified atom stereocenters. The highest BCUT2D eigenvalue weighted by atomic mass is 19.4. The zero-order valence-corrected chi connectivity index (χ0v) is 15.3. The van der Waals surface area contributed by atoms with Crippen molar-refractivity contribution in [3.8, 4) is 11.5 Å². The van der Waals surface area contributed by atoms with Crippen molar-refractivity contribution in [2.75, 3.05) is 19.6 Å². The first-order chi connectivity index (χ1) is 13.4. The largest absolute Gasteiger partial charge is 0.457 e. The van der Waals surface area contributed by atoms with E-state index in [1.54, 1.807) is 0 Å². The third-order valence-corrected chi connectivity index (χ3v) is 5.35. The fourth-order valence-electron chi connectivity index (χ4n) is 3.82. The third kappa shape index (κ3) is 3.85. The maximum atomic E-state index is 12.7. The first-order valence-electron chi connectivity index (χ1n) is 9.37. The molecule has 2 aromatic rings. The Labute approximate surface area is 161 Å². The summed E-state index contributed by atoms with van der Waals surface area (Å²) in [5.41, 5.74) is 1.33. The number of fused-ring (bicyclic) bond motifs is 1. The summed E-state index contributed by atoms with van der Waals surface area (Å²) in [6.45, 7) is 2.77. The van der Waals surface area contributed by atoms with E-state index in [1.807, 2.05) is 23.1 Å². The Morgan fingerprint density at radius 2 is 1.93 bits per heavy atom. The number of hydrogen-bond acceptors (Lipinski definition) is 3. The fourth-order valence-corrected chi connectivity index (χ4v) is 3.82. The lowest BCUT2D eigenvalue weighted by atomic mass is 9.97. The number of nitrogens with zero attached hydrogens (tertiary/aromatic N) is 1. The molecular weight excluding hydrogens is 369 g/mol. The lowest BCUT2D eigenvalue weighted by Gasteiger charge is -2.31. The van der Waals surface area contributed by atoms with Crippen molar-refractivity contribution in [3.05, 3.63) is 59.2 Å². The maximum absolute atomic E-state index is 12.7. The summed E-state index contributed by atoms with van der Waals surface area (Å²) in [5, 5.41) is 3.22. The Kier molecular flexibility index (Phi) is 5.02. The van der Waals surface area contributed by atoms with Gasteiger partial charge < -0.3 is 15.0 Å². The number of ether oxygens (including phenoxy) is 1. The predicted octanol–water partition coefficient (Wildman–Crippen LogP) is 3.99. The summed E-state index contributed by atoms with van der Waals surface area (Å²) in [6.07, 6.45) is -2.83. The van der Waals surface area contributed by atoms with Crippen LogP contribution >= 0.6 is 0 Å². The SMILES string of the molecule is O=C([C@@H]1CCNC1)N1CCc2c(cccc2Oc2ccc(C(F)(F)F)cc2)C1. The normalized spacial score (nSPS) is 19.4. The molecule has 0 radical (unpaired) electrons. The lowest BCUT2D eigenvalue weighted by molar-refractivity contribution is -0.137. The molecule has 0 bridgehead atoms. The Bertz CT molecular complexity index is 859. The summed E-state index contributed by atoms with van der Waals surface area (Å²) in [5.74, 6) is 1.22. The Morgan fingerprint density at radius 1 is 1.14 bits per heavy atom. The number of halogens is 3. The zero-order valence-electron chi connectivity index (χ0n) is 15.3. The number of rotatable bonds is 3. The van der Waals surface area contributed by atoms with Crippen LogP contribution in [0, 0.1) is 5.92 Å². The van der Waals surface area contributed by atoms with Gasteiger partial charge in [0.15, 0.2) is 0 Å². The van der Waals surface area contributed by atoms with Gasteiger partial charge in [-0.05, 0) is 55.3 Å². The first-order valence-corrected chi connectivity index (χ1v) is 9.37. The predicted molar refractivity (Wildman–Crippen MR) is 98.1 cm³/mol. The number of amides is 1. The standard InChI is InChI=1S/C21H21F3N2O2/c22-21(23,24)16-4-6-17(7-5-16)28-19-3-1-2-15-13-26(11-9-18(15)19)20(27)14-8-10-25-12-14/h1-7,14,25H,8-13H2/t14-/m1/s1. The van der Waals surface area contributed by atoms with Gasteiger partial charge in [0, 0.05) is 25.2 Å². The van der Waals surface area contributed by atoms with Crippen LogP contribution < -0.4 is 10.1 Å². The van der Waals surface area contributed by atoms with Crippen molar-refractivity contribution in [1.29, 1.82) is 0 Å². The van der Waals surface area contributed by atoms with E-state index in [1.165, 1.54) is 12.1 Å². The molecule has 1 fully saturated rings. The van der Waals surface area contributed by atoms with Crippen LogP contribution in [-0.4, -0.2) is 30.4 Å². The Balaban J connectivity index is 1.49. The minimum atomic E-state index is -4.37. The van der Waals surface area contributed by atoms with Crippen LogP contribution in [0.5, 0.6) is 11.5 Å². The van der Waals surface area contributed by atoms with Crippen molar-refractivity contribution in [3.63, 3.8) is 0 Å². The minimum absolute atomic E-state index is 0.0492. The molecule has 4 nitrogen and oxygen atoms in total. The molecule has 7 heteroatoms. The van der Waals surface area contributed by atoms with Crippen molar-refractivity contribution in [2.24, 2.45) is 5.92 Å². The highest BCUT2D eigenvalue weighted by Gasteiger charge is 2.31. The van der Waals surface area contributed by atoms with Crippen LogP contribution in [0.1, 0.15) is 23.1 Å². The number of nitrogens with one attached hydrogen (secondary N) is 1. The van der Waals surface area contributed by atoms with Crippen LogP contribution in [0.2, 0.25) is 0 Å². The molecule has 4 rings (SSSR count). The van der Waals surface area contributed by atoms with Gasteiger partial charge in [-0.25, -0.2) is 0 Å². The average molecular weight is 390 g/mol. The fraction of sp³-hybridized carbons (Fsp3) is 0.381. The quantitative estimate of drug-likeness (QED) is 0.862. The number of benzene rings is 2. The third-order valence-electron chi connectivity index (χ3n) is 5.35. The van der Waals surface area contributed by atoms with E-state index in [9.17, 15) is 18.0 Å². The van der Waals surface area contributed by atoms with Gasteiger partial charge in [-0.1, -0.05) is 12.1 Å². The molecule has 0 saturated carbocycles.